The van der Waals surface area contributed by atoms with E-state index in [1.807, 2.05) is 0 Å². The summed E-state index contributed by atoms with van der Waals surface area (Å²) < 4.78 is 33.8. The van der Waals surface area contributed by atoms with Crippen LogP contribution in [0.3, 0.4) is 0 Å². The second kappa shape index (κ2) is 9.49. The van der Waals surface area contributed by atoms with E-state index in [1.165, 1.54) is 13.2 Å². The van der Waals surface area contributed by atoms with Gasteiger partial charge in [-0.1, -0.05) is 19.9 Å². The van der Waals surface area contributed by atoms with Crippen molar-refractivity contribution in [1.29, 1.82) is 0 Å². The van der Waals surface area contributed by atoms with Gasteiger partial charge in [0.1, 0.15) is 11.8 Å². The SMILES string of the molecule is COc1cccc(NC(=O)C(NS(=O)(=O)c2ccc3c(c2)CCCC(=O)N3)C(C)C)c1. The fourth-order valence-electron chi connectivity index (χ4n) is 3.37. The molecule has 0 aliphatic carbocycles. The van der Waals surface area contributed by atoms with E-state index in [-0.39, 0.29) is 16.7 Å². The van der Waals surface area contributed by atoms with Crippen LogP contribution in [0.1, 0.15) is 32.3 Å². The van der Waals surface area contributed by atoms with Crippen LogP contribution >= 0.6 is 0 Å². The zero-order valence-corrected chi connectivity index (χ0v) is 18.6. The predicted molar refractivity (Wildman–Crippen MR) is 119 cm³/mol. The Morgan fingerprint density at radius 1 is 1.13 bits per heavy atom. The van der Waals surface area contributed by atoms with Gasteiger partial charge in [0.15, 0.2) is 0 Å². The summed E-state index contributed by atoms with van der Waals surface area (Å²) in [5, 5.41) is 5.53. The maximum absolute atomic E-state index is 13.0. The Labute approximate surface area is 182 Å². The fourth-order valence-corrected chi connectivity index (χ4v) is 4.76. The first-order valence-corrected chi connectivity index (χ1v) is 11.6. The van der Waals surface area contributed by atoms with E-state index in [2.05, 4.69) is 15.4 Å². The molecule has 0 saturated heterocycles. The topological polar surface area (TPSA) is 114 Å². The summed E-state index contributed by atoms with van der Waals surface area (Å²) in [6, 6.07) is 10.4. The highest BCUT2D eigenvalue weighted by Crippen LogP contribution is 2.26. The molecule has 1 unspecified atom stereocenters. The van der Waals surface area contributed by atoms with Gasteiger partial charge in [0, 0.05) is 23.9 Å². The smallest absolute Gasteiger partial charge is 0.242 e. The van der Waals surface area contributed by atoms with Crippen molar-refractivity contribution < 1.29 is 22.7 Å². The lowest BCUT2D eigenvalue weighted by Gasteiger charge is -2.22. The van der Waals surface area contributed by atoms with Crippen molar-refractivity contribution in [3.8, 4) is 5.75 Å². The third-order valence-electron chi connectivity index (χ3n) is 5.08. The first-order chi connectivity index (χ1) is 14.7. The van der Waals surface area contributed by atoms with Crippen LogP contribution in [-0.4, -0.2) is 33.4 Å². The zero-order chi connectivity index (χ0) is 22.6. The Bertz CT molecular complexity index is 1080. The van der Waals surface area contributed by atoms with E-state index in [4.69, 9.17) is 4.74 Å². The first kappa shape index (κ1) is 22.8. The number of carbonyl (C=O) groups is 2. The van der Waals surface area contributed by atoms with Crippen LogP contribution in [0.4, 0.5) is 11.4 Å². The number of rotatable bonds is 7. The van der Waals surface area contributed by atoms with E-state index in [0.717, 1.165) is 5.56 Å². The molecule has 0 bridgehead atoms. The largest absolute Gasteiger partial charge is 0.497 e. The van der Waals surface area contributed by atoms with Gasteiger partial charge in [-0.25, -0.2) is 8.42 Å². The van der Waals surface area contributed by atoms with Gasteiger partial charge in [0.2, 0.25) is 21.8 Å². The summed E-state index contributed by atoms with van der Waals surface area (Å²) in [5.74, 6) is -0.257. The van der Waals surface area contributed by atoms with Crippen LogP contribution in [0.15, 0.2) is 47.4 Å². The Hall–Kier alpha value is -2.91. The highest BCUT2D eigenvalue weighted by Gasteiger charge is 2.29. The van der Waals surface area contributed by atoms with Crippen molar-refractivity contribution in [1.82, 2.24) is 4.72 Å². The van der Waals surface area contributed by atoms with Gasteiger partial charge in [-0.2, -0.15) is 4.72 Å². The van der Waals surface area contributed by atoms with Gasteiger partial charge in [-0.05, 0) is 54.7 Å². The van der Waals surface area contributed by atoms with Gasteiger partial charge in [0.25, 0.3) is 0 Å². The van der Waals surface area contributed by atoms with Gasteiger partial charge in [0.05, 0.1) is 12.0 Å². The summed E-state index contributed by atoms with van der Waals surface area (Å²) in [6.45, 7) is 3.54. The molecule has 1 heterocycles. The average molecular weight is 446 g/mol. The quantitative estimate of drug-likeness (QED) is 0.606. The summed E-state index contributed by atoms with van der Waals surface area (Å²) in [6.07, 6.45) is 1.64. The summed E-state index contributed by atoms with van der Waals surface area (Å²) in [7, 11) is -2.44. The fraction of sp³-hybridized carbons (Fsp3) is 0.364. The Kier molecular flexibility index (Phi) is 6.97. The molecule has 3 N–H and O–H groups in total. The number of nitrogens with one attached hydrogen (secondary N) is 3. The molecule has 1 aliphatic heterocycles. The second-order valence-electron chi connectivity index (χ2n) is 7.78. The van der Waals surface area contributed by atoms with Crippen molar-refractivity contribution in [2.75, 3.05) is 17.7 Å². The second-order valence-corrected chi connectivity index (χ2v) is 9.50. The van der Waals surface area contributed by atoms with Crippen LogP contribution in [0.2, 0.25) is 0 Å². The molecule has 0 fully saturated rings. The minimum absolute atomic E-state index is 0.0576. The minimum Gasteiger partial charge on any atom is -0.497 e. The number of fused-ring (bicyclic) bond motifs is 1. The molecule has 166 valence electrons. The third-order valence-corrected chi connectivity index (χ3v) is 6.52. The standard InChI is InChI=1S/C22H27N3O5S/c1-14(2)21(22(27)23-16-7-5-8-17(13-16)30-3)25-31(28,29)18-10-11-19-15(12-18)6-4-9-20(26)24-19/h5,7-8,10-14,21,25H,4,6,9H2,1-3H3,(H,23,27)(H,24,26). The first-order valence-electron chi connectivity index (χ1n) is 10.1. The van der Waals surface area contributed by atoms with Crippen LogP contribution in [0.25, 0.3) is 0 Å². The molecule has 31 heavy (non-hydrogen) atoms. The van der Waals surface area contributed by atoms with Crippen LogP contribution in [0, 0.1) is 5.92 Å². The number of amides is 2. The molecule has 2 amide bonds. The van der Waals surface area contributed by atoms with E-state index in [1.54, 1.807) is 50.2 Å². The molecule has 3 rings (SSSR count). The number of benzene rings is 2. The number of sulfonamides is 1. The van der Waals surface area contributed by atoms with Gasteiger partial charge >= 0.3 is 0 Å². The number of hydrogen-bond acceptors (Lipinski definition) is 5. The molecular weight excluding hydrogens is 418 g/mol. The molecule has 9 heteroatoms. The highest BCUT2D eigenvalue weighted by molar-refractivity contribution is 7.89. The minimum atomic E-state index is -3.96. The molecule has 0 saturated carbocycles. The summed E-state index contributed by atoms with van der Waals surface area (Å²) >= 11 is 0. The molecule has 0 aromatic heterocycles. The Morgan fingerprint density at radius 2 is 1.90 bits per heavy atom. The number of carbonyl (C=O) groups excluding carboxylic acids is 2. The predicted octanol–water partition coefficient (Wildman–Crippen LogP) is 2.91. The highest BCUT2D eigenvalue weighted by atomic mass is 32.2. The zero-order valence-electron chi connectivity index (χ0n) is 17.8. The van der Waals surface area contributed by atoms with E-state index in [0.29, 0.717) is 36.4 Å². The number of ether oxygens (including phenoxy) is 1. The van der Waals surface area contributed by atoms with Crippen molar-refractivity contribution in [3.63, 3.8) is 0 Å². The average Bonchev–Trinajstić information content (AvgIpc) is 2.91. The Morgan fingerprint density at radius 3 is 2.61 bits per heavy atom. The van der Waals surface area contributed by atoms with Crippen LogP contribution in [-0.2, 0) is 26.0 Å². The Balaban J connectivity index is 1.80. The van der Waals surface area contributed by atoms with Crippen molar-refractivity contribution in [2.24, 2.45) is 5.92 Å². The molecule has 8 nitrogen and oxygen atoms in total. The molecule has 2 aromatic rings. The summed E-state index contributed by atoms with van der Waals surface area (Å²) in [4.78, 5) is 24.6. The van der Waals surface area contributed by atoms with Gasteiger partial charge in [-0.15, -0.1) is 0 Å². The van der Waals surface area contributed by atoms with Crippen LogP contribution in [0.5, 0.6) is 5.75 Å². The maximum Gasteiger partial charge on any atom is 0.242 e. The van der Waals surface area contributed by atoms with Gasteiger partial charge < -0.3 is 15.4 Å². The summed E-state index contributed by atoms with van der Waals surface area (Å²) in [5.41, 5.74) is 1.89. The molecule has 2 aromatic carbocycles. The van der Waals surface area contributed by atoms with E-state index < -0.39 is 22.0 Å². The van der Waals surface area contributed by atoms with Gasteiger partial charge in [-0.3, -0.25) is 9.59 Å². The normalized spacial score (nSPS) is 14.9. The van der Waals surface area contributed by atoms with Crippen molar-refractivity contribution >= 4 is 33.2 Å². The number of anilines is 2. The lowest BCUT2D eigenvalue weighted by molar-refractivity contribution is -0.118. The molecule has 0 spiro atoms. The molecular formula is C22H27N3O5S. The maximum atomic E-state index is 13.0. The van der Waals surface area contributed by atoms with Crippen molar-refractivity contribution in [2.45, 2.75) is 44.0 Å². The van der Waals surface area contributed by atoms with E-state index >= 15 is 0 Å². The molecule has 1 atom stereocenters. The number of methoxy groups -OCH3 is 1. The molecule has 1 aliphatic rings. The number of aryl methyl sites for hydroxylation is 1. The van der Waals surface area contributed by atoms with Crippen molar-refractivity contribution in [3.05, 3.63) is 48.0 Å². The number of hydrogen-bond donors (Lipinski definition) is 3. The molecule has 0 radical (unpaired) electrons. The lowest BCUT2D eigenvalue weighted by Crippen LogP contribution is -2.47. The van der Waals surface area contributed by atoms with E-state index in [9.17, 15) is 18.0 Å². The third kappa shape index (κ3) is 5.62. The monoisotopic (exact) mass is 445 g/mol. The van der Waals surface area contributed by atoms with Crippen LogP contribution < -0.4 is 20.1 Å². The lowest BCUT2D eigenvalue weighted by atomic mass is 10.0.